The van der Waals surface area contributed by atoms with E-state index in [1.165, 1.54) is 11.3 Å². The maximum Gasteiger partial charge on any atom is 0.259 e. The van der Waals surface area contributed by atoms with E-state index in [1.807, 2.05) is 20.9 Å². The lowest BCUT2D eigenvalue weighted by Gasteiger charge is -2.04. The number of nitrogens with one attached hydrogen (secondary N) is 2. The van der Waals surface area contributed by atoms with E-state index in [9.17, 15) is 9.59 Å². The van der Waals surface area contributed by atoms with Gasteiger partial charge in [0.2, 0.25) is 5.91 Å². The zero-order valence-electron chi connectivity index (χ0n) is 13.7. The van der Waals surface area contributed by atoms with Crippen LogP contribution in [0, 0.1) is 13.8 Å². The van der Waals surface area contributed by atoms with Crippen molar-refractivity contribution in [2.45, 2.75) is 33.2 Å². The number of aromatic nitrogens is 5. The van der Waals surface area contributed by atoms with Crippen LogP contribution in [0.4, 0.5) is 0 Å². The highest BCUT2D eigenvalue weighted by atomic mass is 32.1. The van der Waals surface area contributed by atoms with Crippen LogP contribution in [0.5, 0.6) is 0 Å². The quantitative estimate of drug-likeness (QED) is 0.716. The Bertz CT molecular complexity index is 955. The summed E-state index contributed by atoms with van der Waals surface area (Å²) in [5, 5.41) is 11.1. The third-order valence-corrected chi connectivity index (χ3v) is 5.03. The number of thiophene rings is 1. The lowest BCUT2D eigenvalue weighted by molar-refractivity contribution is -0.121. The van der Waals surface area contributed by atoms with Crippen LogP contribution in [0.3, 0.4) is 0 Å². The maximum absolute atomic E-state index is 12.2. The minimum Gasteiger partial charge on any atom is -0.349 e. The van der Waals surface area contributed by atoms with Crippen molar-refractivity contribution in [3.8, 4) is 0 Å². The molecule has 0 aliphatic heterocycles. The van der Waals surface area contributed by atoms with E-state index in [1.54, 1.807) is 10.9 Å². The van der Waals surface area contributed by atoms with Gasteiger partial charge in [-0.15, -0.1) is 21.5 Å². The van der Waals surface area contributed by atoms with Crippen LogP contribution in [0.15, 0.2) is 11.1 Å². The number of fused-ring (bicyclic) bond motifs is 1. The fourth-order valence-electron chi connectivity index (χ4n) is 2.38. The molecular formula is C15H18N6O2S. The van der Waals surface area contributed by atoms with Gasteiger partial charge < -0.3 is 14.9 Å². The molecule has 9 heteroatoms. The number of nitrogens with zero attached hydrogens (tertiary/aromatic N) is 4. The molecule has 0 aromatic carbocycles. The van der Waals surface area contributed by atoms with Gasteiger partial charge in [0.05, 0.1) is 11.9 Å². The molecule has 24 heavy (non-hydrogen) atoms. The molecular weight excluding hydrogens is 328 g/mol. The zero-order valence-corrected chi connectivity index (χ0v) is 14.5. The predicted molar refractivity (Wildman–Crippen MR) is 90.9 cm³/mol. The van der Waals surface area contributed by atoms with Crippen LogP contribution >= 0.6 is 11.3 Å². The number of aromatic amines is 1. The Morgan fingerprint density at radius 2 is 2.21 bits per heavy atom. The Balaban J connectivity index is 1.64. The number of amides is 1. The number of hydrogen-bond donors (Lipinski definition) is 2. The monoisotopic (exact) mass is 346 g/mol. The molecule has 3 rings (SSSR count). The Morgan fingerprint density at radius 1 is 1.42 bits per heavy atom. The molecule has 0 aliphatic rings. The SMILES string of the molecule is Cc1sc2nc(CCC(=O)NCc3nncn3C)[nH]c(=O)c2c1C. The second kappa shape index (κ2) is 6.52. The first-order chi connectivity index (χ1) is 11.5. The maximum atomic E-state index is 12.2. The van der Waals surface area contributed by atoms with E-state index in [0.29, 0.717) is 30.0 Å². The third-order valence-electron chi connectivity index (χ3n) is 3.93. The van der Waals surface area contributed by atoms with Gasteiger partial charge in [-0.2, -0.15) is 0 Å². The normalized spacial score (nSPS) is 11.1. The topological polar surface area (TPSA) is 106 Å². The molecule has 0 bridgehead atoms. The Morgan fingerprint density at radius 3 is 2.92 bits per heavy atom. The largest absolute Gasteiger partial charge is 0.349 e. The van der Waals surface area contributed by atoms with Crippen LogP contribution in [0.25, 0.3) is 10.2 Å². The molecule has 0 aliphatic carbocycles. The highest BCUT2D eigenvalue weighted by Gasteiger charge is 2.12. The summed E-state index contributed by atoms with van der Waals surface area (Å²) >= 11 is 1.50. The van der Waals surface area contributed by atoms with Gasteiger partial charge in [0.25, 0.3) is 5.56 Å². The molecule has 0 unspecified atom stereocenters. The lowest BCUT2D eigenvalue weighted by atomic mass is 10.2. The molecule has 0 atom stereocenters. The van der Waals surface area contributed by atoms with Gasteiger partial charge in [0.15, 0.2) is 5.82 Å². The summed E-state index contributed by atoms with van der Waals surface area (Å²) in [6.07, 6.45) is 2.21. The summed E-state index contributed by atoms with van der Waals surface area (Å²) in [5.74, 6) is 1.09. The zero-order chi connectivity index (χ0) is 17.3. The molecule has 0 saturated carbocycles. The molecule has 0 saturated heterocycles. The van der Waals surface area contributed by atoms with Gasteiger partial charge in [-0.25, -0.2) is 4.98 Å². The fourth-order valence-corrected chi connectivity index (χ4v) is 3.43. The summed E-state index contributed by atoms with van der Waals surface area (Å²) in [7, 11) is 1.82. The molecule has 0 radical (unpaired) electrons. The van der Waals surface area contributed by atoms with E-state index >= 15 is 0 Å². The molecule has 126 valence electrons. The van der Waals surface area contributed by atoms with Crippen molar-refractivity contribution >= 4 is 27.5 Å². The van der Waals surface area contributed by atoms with Gasteiger partial charge >= 0.3 is 0 Å². The Kier molecular flexibility index (Phi) is 4.43. The van der Waals surface area contributed by atoms with Crippen molar-refractivity contribution in [2.75, 3.05) is 0 Å². The molecule has 3 aromatic rings. The Labute approximate surface area is 142 Å². The summed E-state index contributed by atoms with van der Waals surface area (Å²) in [6.45, 7) is 4.22. The second-order valence-electron chi connectivity index (χ2n) is 5.61. The van der Waals surface area contributed by atoms with Crippen molar-refractivity contribution in [1.82, 2.24) is 30.0 Å². The molecule has 8 nitrogen and oxygen atoms in total. The Hall–Kier alpha value is -2.55. The summed E-state index contributed by atoms with van der Waals surface area (Å²) < 4.78 is 1.74. The van der Waals surface area contributed by atoms with E-state index < -0.39 is 0 Å². The standard InChI is InChI=1S/C15H18N6O2S/c1-8-9(2)24-15-13(8)14(23)18-10(19-15)4-5-12(22)16-6-11-20-17-7-21(11)3/h7H,4-6H2,1-3H3,(H,16,22)(H,18,19,23). The number of carbonyl (C=O) groups excluding carboxylic acids is 1. The average Bonchev–Trinajstić information content (AvgIpc) is 3.07. The fraction of sp³-hybridized carbons (Fsp3) is 0.400. The van der Waals surface area contributed by atoms with E-state index in [0.717, 1.165) is 15.3 Å². The number of H-pyrrole nitrogens is 1. The molecule has 3 aromatic heterocycles. The minimum absolute atomic E-state index is 0.126. The van der Waals surface area contributed by atoms with Crippen molar-refractivity contribution in [3.05, 3.63) is 38.8 Å². The van der Waals surface area contributed by atoms with Gasteiger partial charge in [0.1, 0.15) is 17.0 Å². The van der Waals surface area contributed by atoms with Crippen molar-refractivity contribution in [3.63, 3.8) is 0 Å². The highest BCUT2D eigenvalue weighted by Crippen LogP contribution is 2.25. The number of aryl methyl sites for hydroxylation is 4. The van der Waals surface area contributed by atoms with Gasteiger partial charge in [0, 0.05) is 24.8 Å². The molecule has 0 fully saturated rings. The summed E-state index contributed by atoms with van der Waals surface area (Å²) in [6, 6.07) is 0. The first-order valence-electron chi connectivity index (χ1n) is 7.54. The van der Waals surface area contributed by atoms with Gasteiger partial charge in [-0.05, 0) is 19.4 Å². The number of carbonyl (C=O) groups is 1. The molecule has 3 heterocycles. The van der Waals surface area contributed by atoms with Gasteiger partial charge in [-0.3, -0.25) is 9.59 Å². The van der Waals surface area contributed by atoms with E-state index in [-0.39, 0.29) is 17.9 Å². The van der Waals surface area contributed by atoms with Crippen molar-refractivity contribution in [2.24, 2.45) is 7.05 Å². The van der Waals surface area contributed by atoms with E-state index in [2.05, 4.69) is 25.5 Å². The van der Waals surface area contributed by atoms with E-state index in [4.69, 9.17) is 0 Å². The highest BCUT2D eigenvalue weighted by molar-refractivity contribution is 7.18. The molecule has 1 amide bonds. The van der Waals surface area contributed by atoms with Crippen molar-refractivity contribution < 1.29 is 4.79 Å². The summed E-state index contributed by atoms with van der Waals surface area (Å²) in [5.41, 5.74) is 0.827. The average molecular weight is 346 g/mol. The third kappa shape index (κ3) is 3.21. The second-order valence-corrected chi connectivity index (χ2v) is 6.81. The molecule has 2 N–H and O–H groups in total. The van der Waals surface area contributed by atoms with Crippen molar-refractivity contribution in [1.29, 1.82) is 0 Å². The smallest absolute Gasteiger partial charge is 0.259 e. The number of rotatable bonds is 5. The summed E-state index contributed by atoms with van der Waals surface area (Å²) in [4.78, 5) is 33.2. The van der Waals surface area contributed by atoms with Crippen LogP contribution in [-0.2, 0) is 24.8 Å². The first kappa shape index (κ1) is 16.3. The molecule has 0 spiro atoms. The first-order valence-corrected chi connectivity index (χ1v) is 8.36. The van der Waals surface area contributed by atoms with Crippen LogP contribution in [0.2, 0.25) is 0 Å². The van der Waals surface area contributed by atoms with Crippen LogP contribution in [-0.4, -0.2) is 30.6 Å². The van der Waals surface area contributed by atoms with Gasteiger partial charge in [-0.1, -0.05) is 0 Å². The lowest BCUT2D eigenvalue weighted by Crippen LogP contribution is -2.25. The predicted octanol–water partition coefficient (Wildman–Crippen LogP) is 0.979. The van der Waals surface area contributed by atoms with Crippen LogP contribution < -0.4 is 10.9 Å². The number of hydrogen-bond acceptors (Lipinski definition) is 6. The van der Waals surface area contributed by atoms with Crippen LogP contribution in [0.1, 0.15) is 28.5 Å². The minimum atomic E-state index is -0.142.